The number of anilines is 1. The lowest BCUT2D eigenvalue weighted by molar-refractivity contribution is 0.586. The van der Waals surface area contributed by atoms with E-state index in [0.717, 1.165) is 0 Å². The highest BCUT2D eigenvalue weighted by atomic mass is 79.9. The van der Waals surface area contributed by atoms with Gasteiger partial charge in [0.05, 0.1) is 22.6 Å². The van der Waals surface area contributed by atoms with Gasteiger partial charge in [0, 0.05) is 6.20 Å². The maximum atomic E-state index is 11.9. The zero-order chi connectivity index (χ0) is 13.3. The fourth-order valence-electron chi connectivity index (χ4n) is 1.35. The smallest absolute Gasteiger partial charge is 0.244 e. The fraction of sp³-hybridized carbons (Fsp3) is 0.111. The second-order valence-electron chi connectivity index (χ2n) is 3.40. The predicted octanol–water partition coefficient (Wildman–Crippen LogP) is 0.520. The number of nitrogens with one attached hydrogen (secondary N) is 1. The Balaban J connectivity index is 2.69. The third-order valence-corrected chi connectivity index (χ3v) is 4.01. The Morgan fingerprint density at radius 2 is 2.17 bits per heavy atom. The Kier molecular flexibility index (Phi) is 3.37. The molecule has 0 aliphatic heterocycles. The molecule has 0 bridgehead atoms. The number of rotatable bonds is 3. The maximum absolute atomic E-state index is 11.9. The van der Waals surface area contributed by atoms with Crippen LogP contribution in [-0.4, -0.2) is 30.2 Å². The number of nitrogens with zero attached hydrogens (tertiary/aromatic N) is 3. The third kappa shape index (κ3) is 2.37. The first-order chi connectivity index (χ1) is 8.44. The number of sulfonamides is 1. The predicted molar refractivity (Wildman–Crippen MR) is 69.7 cm³/mol. The van der Waals surface area contributed by atoms with Gasteiger partial charge in [-0.05, 0) is 29.0 Å². The van der Waals surface area contributed by atoms with Crippen molar-refractivity contribution in [3.63, 3.8) is 0 Å². The number of pyridine rings is 1. The molecule has 0 saturated carbocycles. The molecule has 0 amide bonds. The Morgan fingerprint density at radius 1 is 1.44 bits per heavy atom. The number of nitrogen functional groups attached to an aromatic ring is 1. The molecule has 9 heteroatoms. The van der Waals surface area contributed by atoms with Gasteiger partial charge in [-0.2, -0.15) is 5.10 Å². The van der Waals surface area contributed by atoms with Crippen LogP contribution in [0.15, 0.2) is 34.0 Å². The number of aromatic nitrogens is 3. The van der Waals surface area contributed by atoms with Gasteiger partial charge in [-0.1, -0.05) is 0 Å². The SMILES string of the molecule is CNS(=O)(=O)c1cc(N)cnc1-n1cc(Br)cn1. The highest BCUT2D eigenvalue weighted by molar-refractivity contribution is 9.10. The van der Waals surface area contributed by atoms with Crippen molar-refractivity contribution < 1.29 is 8.42 Å². The van der Waals surface area contributed by atoms with Gasteiger partial charge in [0.1, 0.15) is 4.90 Å². The molecule has 2 heterocycles. The summed E-state index contributed by atoms with van der Waals surface area (Å²) in [5, 5.41) is 4.00. The van der Waals surface area contributed by atoms with Gasteiger partial charge in [0.15, 0.2) is 5.82 Å². The lowest BCUT2D eigenvalue weighted by Gasteiger charge is -2.09. The van der Waals surface area contributed by atoms with E-state index in [0.29, 0.717) is 4.47 Å². The largest absolute Gasteiger partial charge is 0.397 e. The second kappa shape index (κ2) is 4.67. The Morgan fingerprint density at radius 3 is 2.72 bits per heavy atom. The van der Waals surface area contributed by atoms with Crippen molar-refractivity contribution in [2.24, 2.45) is 0 Å². The van der Waals surface area contributed by atoms with Crippen LogP contribution in [0.4, 0.5) is 5.69 Å². The van der Waals surface area contributed by atoms with Crippen LogP contribution in [0.5, 0.6) is 0 Å². The molecule has 0 aliphatic carbocycles. The molecule has 0 saturated heterocycles. The summed E-state index contributed by atoms with van der Waals surface area (Å²) in [5.41, 5.74) is 5.83. The zero-order valence-corrected chi connectivity index (χ0v) is 11.7. The van der Waals surface area contributed by atoms with Crippen LogP contribution >= 0.6 is 15.9 Å². The molecule has 3 N–H and O–H groups in total. The number of halogens is 1. The van der Waals surface area contributed by atoms with Crippen molar-refractivity contribution in [2.75, 3.05) is 12.8 Å². The molecule has 2 rings (SSSR count). The summed E-state index contributed by atoms with van der Waals surface area (Å²) in [7, 11) is -2.34. The molecule has 0 fully saturated rings. The van der Waals surface area contributed by atoms with Gasteiger partial charge in [0.2, 0.25) is 10.0 Å². The summed E-state index contributed by atoms with van der Waals surface area (Å²) in [6.07, 6.45) is 4.51. The average molecular weight is 332 g/mol. The molecule has 2 aromatic heterocycles. The van der Waals surface area contributed by atoms with E-state index in [1.165, 1.54) is 30.2 Å². The van der Waals surface area contributed by atoms with Crippen molar-refractivity contribution in [3.05, 3.63) is 29.1 Å². The Bertz CT molecular complexity index is 682. The molecule has 0 radical (unpaired) electrons. The van der Waals surface area contributed by atoms with Gasteiger partial charge >= 0.3 is 0 Å². The molecule has 0 aromatic carbocycles. The fourth-order valence-corrected chi connectivity index (χ4v) is 2.53. The molecular weight excluding hydrogens is 322 g/mol. The van der Waals surface area contributed by atoms with Crippen molar-refractivity contribution in [1.29, 1.82) is 0 Å². The zero-order valence-electron chi connectivity index (χ0n) is 9.33. The minimum atomic E-state index is -3.66. The molecule has 0 aliphatic rings. The number of nitrogens with two attached hydrogens (primary N) is 1. The molecule has 96 valence electrons. The normalized spacial score (nSPS) is 11.7. The highest BCUT2D eigenvalue weighted by Gasteiger charge is 2.20. The lowest BCUT2D eigenvalue weighted by Crippen LogP contribution is -2.21. The van der Waals surface area contributed by atoms with Gasteiger partial charge in [-0.15, -0.1) is 0 Å². The molecule has 18 heavy (non-hydrogen) atoms. The molecule has 2 aromatic rings. The lowest BCUT2D eigenvalue weighted by atomic mass is 10.4. The first-order valence-corrected chi connectivity index (χ1v) is 7.11. The van der Waals surface area contributed by atoms with Crippen molar-refractivity contribution in [2.45, 2.75) is 4.90 Å². The van der Waals surface area contributed by atoms with Crippen LogP contribution in [0.2, 0.25) is 0 Å². The van der Waals surface area contributed by atoms with Gasteiger partial charge in [-0.3, -0.25) is 0 Å². The first-order valence-electron chi connectivity index (χ1n) is 4.83. The van der Waals surface area contributed by atoms with Gasteiger partial charge in [-0.25, -0.2) is 22.8 Å². The van der Waals surface area contributed by atoms with Crippen LogP contribution in [0, 0.1) is 0 Å². The van der Waals surface area contributed by atoms with Gasteiger partial charge in [0.25, 0.3) is 0 Å². The van der Waals surface area contributed by atoms with E-state index in [-0.39, 0.29) is 16.4 Å². The number of hydrogen-bond donors (Lipinski definition) is 2. The van der Waals surface area contributed by atoms with E-state index in [1.807, 2.05) is 0 Å². The minimum Gasteiger partial charge on any atom is -0.397 e. The number of hydrogen-bond acceptors (Lipinski definition) is 5. The summed E-state index contributed by atoms with van der Waals surface area (Å²) in [6, 6.07) is 1.34. The van der Waals surface area contributed by atoms with E-state index < -0.39 is 10.0 Å². The molecule has 0 atom stereocenters. The van der Waals surface area contributed by atoms with Crippen LogP contribution in [0.1, 0.15) is 0 Å². The molecule has 0 unspecified atom stereocenters. The van der Waals surface area contributed by atoms with Crippen molar-refractivity contribution in [1.82, 2.24) is 19.5 Å². The summed E-state index contributed by atoms with van der Waals surface area (Å²) in [5.74, 6) is 0.184. The monoisotopic (exact) mass is 331 g/mol. The van der Waals surface area contributed by atoms with E-state index in [4.69, 9.17) is 5.73 Å². The van der Waals surface area contributed by atoms with Crippen molar-refractivity contribution in [3.8, 4) is 5.82 Å². The van der Waals surface area contributed by atoms with Crippen LogP contribution in [0.3, 0.4) is 0 Å². The first kappa shape index (κ1) is 13.0. The standard InChI is InChI=1S/C9H10BrN5O2S/c1-12-18(16,17)8-2-7(11)4-13-9(8)15-5-6(10)3-14-15/h2-5,12H,11H2,1H3. The van der Waals surface area contributed by atoms with E-state index in [1.54, 1.807) is 6.20 Å². The summed E-state index contributed by atoms with van der Waals surface area (Å²) in [6.45, 7) is 0. The van der Waals surface area contributed by atoms with Crippen LogP contribution in [0.25, 0.3) is 5.82 Å². The minimum absolute atomic E-state index is 0.0272. The van der Waals surface area contributed by atoms with Crippen LogP contribution in [-0.2, 0) is 10.0 Å². The van der Waals surface area contributed by atoms with E-state index >= 15 is 0 Å². The van der Waals surface area contributed by atoms with Crippen molar-refractivity contribution >= 4 is 31.6 Å². The molecule has 0 spiro atoms. The van der Waals surface area contributed by atoms with Crippen LogP contribution < -0.4 is 10.5 Å². The molecule has 7 nitrogen and oxygen atoms in total. The summed E-state index contributed by atoms with van der Waals surface area (Å²) < 4.78 is 28.1. The maximum Gasteiger partial charge on any atom is 0.244 e. The summed E-state index contributed by atoms with van der Waals surface area (Å²) >= 11 is 3.24. The third-order valence-electron chi connectivity index (χ3n) is 2.18. The Labute approximate surface area is 112 Å². The quantitative estimate of drug-likeness (QED) is 0.853. The van der Waals surface area contributed by atoms with E-state index in [9.17, 15) is 8.42 Å². The van der Waals surface area contributed by atoms with E-state index in [2.05, 4.69) is 30.7 Å². The highest BCUT2D eigenvalue weighted by Crippen LogP contribution is 2.20. The average Bonchev–Trinajstić information content (AvgIpc) is 2.75. The topological polar surface area (TPSA) is 103 Å². The Hall–Kier alpha value is -1.45. The second-order valence-corrected chi connectivity index (χ2v) is 6.17. The summed E-state index contributed by atoms with van der Waals surface area (Å²) in [4.78, 5) is 3.98. The molecular formula is C9H10BrN5O2S. The van der Waals surface area contributed by atoms with Gasteiger partial charge < -0.3 is 5.73 Å².